The van der Waals surface area contributed by atoms with Gasteiger partial charge >= 0.3 is 0 Å². The minimum atomic E-state index is -0.517. The van der Waals surface area contributed by atoms with Crippen LogP contribution < -0.4 is 5.73 Å². The van der Waals surface area contributed by atoms with Crippen molar-refractivity contribution in [2.75, 3.05) is 5.73 Å². The van der Waals surface area contributed by atoms with E-state index in [-0.39, 0.29) is 5.02 Å². The largest absolute Gasteiger partial charge is 0.384 e. The Labute approximate surface area is 124 Å². The molecule has 0 atom stereocenters. The van der Waals surface area contributed by atoms with Crippen LogP contribution in [0.2, 0.25) is 5.02 Å². The summed E-state index contributed by atoms with van der Waals surface area (Å²) in [5.41, 5.74) is 6.50. The topological polar surface area (TPSA) is 51.8 Å². The zero-order valence-corrected chi connectivity index (χ0v) is 12.6. The Hall–Kier alpha value is -1.20. The van der Waals surface area contributed by atoms with Crippen LogP contribution in [0.4, 0.5) is 10.2 Å². The van der Waals surface area contributed by atoms with Crippen molar-refractivity contribution in [2.24, 2.45) is 0 Å². The predicted molar refractivity (Wildman–Crippen MR) is 78.5 cm³/mol. The van der Waals surface area contributed by atoms with Crippen molar-refractivity contribution >= 4 is 33.3 Å². The number of hydrogen-bond donors (Lipinski definition) is 1. The number of nitrogen functional groups attached to an aromatic ring is 1. The number of aromatic nitrogens is 2. The molecule has 3 nitrogen and oxygen atoms in total. The van der Waals surface area contributed by atoms with E-state index in [1.807, 2.05) is 6.92 Å². The average Bonchev–Trinajstić information content (AvgIpc) is 2.36. The van der Waals surface area contributed by atoms with E-state index in [1.165, 1.54) is 0 Å². The molecule has 2 aromatic rings. The molecule has 0 fully saturated rings. The number of nitrogens with two attached hydrogens (primary N) is 1. The monoisotopic (exact) mass is 343 g/mol. The van der Waals surface area contributed by atoms with E-state index in [0.29, 0.717) is 33.8 Å². The van der Waals surface area contributed by atoms with Crippen LogP contribution in [0.1, 0.15) is 19.2 Å². The number of halogens is 3. The van der Waals surface area contributed by atoms with Crippen molar-refractivity contribution in [2.45, 2.75) is 19.8 Å². The first-order chi connectivity index (χ1) is 9.02. The molecule has 19 heavy (non-hydrogen) atoms. The van der Waals surface area contributed by atoms with Crippen molar-refractivity contribution in [3.8, 4) is 11.3 Å². The Balaban J connectivity index is 2.55. The molecule has 0 bridgehead atoms. The molecule has 100 valence electrons. The van der Waals surface area contributed by atoms with Gasteiger partial charge < -0.3 is 5.73 Å². The first-order valence-electron chi connectivity index (χ1n) is 5.80. The summed E-state index contributed by atoms with van der Waals surface area (Å²) >= 11 is 9.05. The summed E-state index contributed by atoms with van der Waals surface area (Å²) in [6.07, 6.45) is 1.59. The second kappa shape index (κ2) is 5.84. The third-order valence-electron chi connectivity index (χ3n) is 2.58. The van der Waals surface area contributed by atoms with Crippen LogP contribution in [-0.4, -0.2) is 9.97 Å². The van der Waals surface area contributed by atoms with Gasteiger partial charge in [0.25, 0.3) is 0 Å². The lowest BCUT2D eigenvalue weighted by Crippen LogP contribution is -2.02. The van der Waals surface area contributed by atoms with Gasteiger partial charge in [-0.1, -0.05) is 18.5 Å². The summed E-state index contributed by atoms with van der Waals surface area (Å²) in [6.45, 7) is 2.02. The molecule has 6 heteroatoms. The molecule has 0 unspecified atom stereocenters. The van der Waals surface area contributed by atoms with E-state index in [1.54, 1.807) is 18.2 Å². The molecule has 0 saturated heterocycles. The van der Waals surface area contributed by atoms with Gasteiger partial charge in [0.1, 0.15) is 11.6 Å². The molecule has 1 heterocycles. The van der Waals surface area contributed by atoms with Gasteiger partial charge in [-0.3, -0.25) is 0 Å². The van der Waals surface area contributed by atoms with Gasteiger partial charge in [-0.05, 0) is 34.5 Å². The van der Waals surface area contributed by atoms with Gasteiger partial charge in [-0.2, -0.15) is 0 Å². The molecule has 0 amide bonds. The lowest BCUT2D eigenvalue weighted by molar-refractivity contribution is 0.630. The molecule has 1 aromatic carbocycles. The van der Waals surface area contributed by atoms with E-state index in [4.69, 9.17) is 17.3 Å². The summed E-state index contributed by atoms with van der Waals surface area (Å²) in [5.74, 6) is 0.416. The highest BCUT2D eigenvalue weighted by Gasteiger charge is 2.14. The van der Waals surface area contributed by atoms with Crippen LogP contribution in [0.3, 0.4) is 0 Å². The minimum Gasteiger partial charge on any atom is -0.384 e. The SMILES string of the molecule is CCCc1nc(N)cc(-c2ccc(Br)c(Cl)c2F)n1. The maximum absolute atomic E-state index is 14.1. The second-order valence-electron chi connectivity index (χ2n) is 4.07. The second-order valence-corrected chi connectivity index (χ2v) is 5.30. The van der Waals surface area contributed by atoms with E-state index in [9.17, 15) is 4.39 Å². The van der Waals surface area contributed by atoms with Crippen LogP contribution >= 0.6 is 27.5 Å². The third kappa shape index (κ3) is 3.04. The van der Waals surface area contributed by atoms with E-state index in [2.05, 4.69) is 25.9 Å². The lowest BCUT2D eigenvalue weighted by atomic mass is 10.1. The summed E-state index contributed by atoms with van der Waals surface area (Å²) in [6, 6.07) is 4.84. The highest BCUT2D eigenvalue weighted by Crippen LogP contribution is 2.32. The van der Waals surface area contributed by atoms with Gasteiger partial charge in [0, 0.05) is 22.5 Å². The Bertz CT molecular complexity index is 619. The quantitative estimate of drug-likeness (QED) is 0.848. The van der Waals surface area contributed by atoms with Crippen LogP contribution in [0.15, 0.2) is 22.7 Å². The first-order valence-corrected chi connectivity index (χ1v) is 6.97. The van der Waals surface area contributed by atoms with Gasteiger partial charge in [-0.25, -0.2) is 14.4 Å². The highest BCUT2D eigenvalue weighted by molar-refractivity contribution is 9.10. The Morgan fingerprint density at radius 3 is 2.79 bits per heavy atom. The minimum absolute atomic E-state index is 0.0340. The van der Waals surface area contributed by atoms with Crippen LogP contribution in [-0.2, 0) is 6.42 Å². The molecule has 2 N–H and O–H groups in total. The number of anilines is 1. The van der Waals surface area contributed by atoms with Crippen LogP contribution in [0.5, 0.6) is 0 Å². The zero-order valence-electron chi connectivity index (χ0n) is 10.3. The van der Waals surface area contributed by atoms with Gasteiger partial charge in [-0.15, -0.1) is 0 Å². The smallest absolute Gasteiger partial charge is 0.152 e. The number of hydrogen-bond acceptors (Lipinski definition) is 3. The molecule has 0 saturated carbocycles. The molecule has 0 aliphatic rings. The van der Waals surface area contributed by atoms with E-state index in [0.717, 1.165) is 6.42 Å². The van der Waals surface area contributed by atoms with Crippen molar-refractivity contribution in [3.63, 3.8) is 0 Å². The maximum atomic E-state index is 14.1. The molecular weight excluding hydrogens is 333 g/mol. The molecule has 1 aromatic heterocycles. The number of nitrogens with zero attached hydrogens (tertiary/aromatic N) is 2. The number of aryl methyl sites for hydroxylation is 1. The summed E-state index contributed by atoms with van der Waals surface area (Å²) in [5, 5.41) is 0.0340. The summed E-state index contributed by atoms with van der Waals surface area (Å²) in [4.78, 5) is 8.44. The standard InChI is InChI=1S/C13H12BrClFN3/c1-2-3-11-18-9(6-10(17)19-11)7-4-5-8(14)12(15)13(7)16/h4-6H,2-3H2,1H3,(H2,17,18,19). The summed E-state index contributed by atoms with van der Waals surface area (Å²) in [7, 11) is 0. The molecular formula is C13H12BrClFN3. The molecule has 2 rings (SSSR count). The normalized spacial score (nSPS) is 10.7. The highest BCUT2D eigenvalue weighted by atomic mass is 79.9. The fraction of sp³-hybridized carbons (Fsp3) is 0.231. The number of rotatable bonds is 3. The van der Waals surface area contributed by atoms with E-state index >= 15 is 0 Å². The average molecular weight is 345 g/mol. The van der Waals surface area contributed by atoms with Crippen LogP contribution in [0, 0.1) is 5.82 Å². The molecule has 0 radical (unpaired) electrons. The fourth-order valence-corrected chi connectivity index (χ4v) is 2.19. The summed E-state index contributed by atoms with van der Waals surface area (Å²) < 4.78 is 14.6. The lowest BCUT2D eigenvalue weighted by Gasteiger charge is -2.08. The molecule has 0 spiro atoms. The van der Waals surface area contributed by atoms with Crippen molar-refractivity contribution in [1.82, 2.24) is 9.97 Å². The first kappa shape index (κ1) is 14.2. The number of benzene rings is 1. The third-order valence-corrected chi connectivity index (χ3v) is 3.84. The van der Waals surface area contributed by atoms with Gasteiger partial charge in [0.2, 0.25) is 0 Å². The van der Waals surface area contributed by atoms with Crippen LogP contribution in [0.25, 0.3) is 11.3 Å². The van der Waals surface area contributed by atoms with Crippen molar-refractivity contribution in [3.05, 3.63) is 39.3 Å². The van der Waals surface area contributed by atoms with Crippen molar-refractivity contribution in [1.29, 1.82) is 0 Å². The Kier molecular flexibility index (Phi) is 4.37. The zero-order chi connectivity index (χ0) is 14.0. The van der Waals surface area contributed by atoms with Gasteiger partial charge in [0.05, 0.1) is 10.7 Å². The molecule has 0 aliphatic heterocycles. The molecule has 0 aliphatic carbocycles. The van der Waals surface area contributed by atoms with Gasteiger partial charge in [0.15, 0.2) is 5.82 Å². The fourth-order valence-electron chi connectivity index (χ4n) is 1.71. The van der Waals surface area contributed by atoms with E-state index < -0.39 is 5.82 Å². The van der Waals surface area contributed by atoms with Crippen molar-refractivity contribution < 1.29 is 4.39 Å². The Morgan fingerprint density at radius 2 is 2.11 bits per heavy atom. The Morgan fingerprint density at radius 1 is 1.37 bits per heavy atom. The maximum Gasteiger partial charge on any atom is 0.152 e. The predicted octanol–water partition coefficient (Wildman–Crippen LogP) is 4.23.